The van der Waals surface area contributed by atoms with Gasteiger partial charge in [0.05, 0.1) is 17.3 Å². The summed E-state index contributed by atoms with van der Waals surface area (Å²) in [6.07, 6.45) is 7.91. The van der Waals surface area contributed by atoms with Gasteiger partial charge in [0.25, 0.3) is 0 Å². The van der Waals surface area contributed by atoms with Crippen molar-refractivity contribution in [1.29, 1.82) is 0 Å². The first-order chi connectivity index (χ1) is 17.1. The molecule has 0 aromatic heterocycles. The van der Waals surface area contributed by atoms with Gasteiger partial charge in [-0.3, -0.25) is 19.2 Å². The SMILES string of the molecule is CC1=CC(=O)C2=C[C@H](c3ccc(Cl)cc3)[C@]3(/C=C/c4ccc(Cl)cc4)C(=O)C=C(C)C(=O)[C@@H]3[C@@H]2C1=O. The maximum absolute atomic E-state index is 14.0. The van der Waals surface area contributed by atoms with Gasteiger partial charge in [0.15, 0.2) is 23.1 Å². The van der Waals surface area contributed by atoms with E-state index in [-0.39, 0.29) is 39.9 Å². The van der Waals surface area contributed by atoms with Crippen molar-refractivity contribution < 1.29 is 19.2 Å². The van der Waals surface area contributed by atoms with Gasteiger partial charge in [0.1, 0.15) is 0 Å². The molecule has 3 aliphatic rings. The Morgan fingerprint density at radius 1 is 0.778 bits per heavy atom. The summed E-state index contributed by atoms with van der Waals surface area (Å²) in [7, 11) is 0. The molecule has 0 heterocycles. The minimum atomic E-state index is -1.41. The molecule has 2 aromatic carbocycles. The monoisotopic (exact) mass is 516 g/mol. The highest BCUT2D eigenvalue weighted by Crippen LogP contribution is 2.58. The average molecular weight is 517 g/mol. The van der Waals surface area contributed by atoms with Crippen LogP contribution in [0.4, 0.5) is 0 Å². The molecule has 0 radical (unpaired) electrons. The topological polar surface area (TPSA) is 68.3 Å². The van der Waals surface area contributed by atoms with E-state index in [0.29, 0.717) is 10.0 Å². The lowest BCUT2D eigenvalue weighted by molar-refractivity contribution is -0.141. The summed E-state index contributed by atoms with van der Waals surface area (Å²) in [6, 6.07) is 14.1. The summed E-state index contributed by atoms with van der Waals surface area (Å²) >= 11 is 12.2. The summed E-state index contributed by atoms with van der Waals surface area (Å²) in [5.41, 5.74) is 0.926. The van der Waals surface area contributed by atoms with Crippen LogP contribution in [0, 0.1) is 17.3 Å². The zero-order valence-electron chi connectivity index (χ0n) is 19.6. The first-order valence-corrected chi connectivity index (χ1v) is 12.3. The van der Waals surface area contributed by atoms with E-state index in [1.54, 1.807) is 68.5 Å². The molecule has 4 atom stereocenters. The Labute approximate surface area is 219 Å². The van der Waals surface area contributed by atoms with E-state index < -0.39 is 23.2 Å². The third-order valence-corrected chi connectivity index (χ3v) is 7.95. The molecule has 0 unspecified atom stereocenters. The highest BCUT2D eigenvalue weighted by molar-refractivity contribution is 6.31. The smallest absolute Gasteiger partial charge is 0.182 e. The minimum absolute atomic E-state index is 0.266. The van der Waals surface area contributed by atoms with Crippen LogP contribution in [0.3, 0.4) is 0 Å². The Balaban J connectivity index is 1.82. The van der Waals surface area contributed by atoms with Gasteiger partial charge in [-0.2, -0.15) is 0 Å². The van der Waals surface area contributed by atoms with E-state index in [1.807, 2.05) is 12.1 Å². The van der Waals surface area contributed by atoms with Crippen LogP contribution in [0.15, 0.2) is 89.6 Å². The standard InChI is InChI=1S/C30H22Cl2O4/c1-16-13-24(33)22-15-23(19-5-9-21(32)10-6-19)30(12-11-18-3-7-20(31)8-4-18)25(34)14-17(2)29(36)27(30)26(22)28(16)35/h3-15,23,26-27H,1-2H3/b12-11+/t23-,26-,27+,30-/m1/s1. The van der Waals surface area contributed by atoms with Crippen molar-refractivity contribution in [3.05, 3.63) is 111 Å². The number of Topliss-reactive ketones (excluding diaryl/α,β-unsaturated/α-hetero) is 2. The van der Waals surface area contributed by atoms with Crippen molar-refractivity contribution in [2.75, 3.05) is 0 Å². The predicted molar refractivity (Wildman–Crippen MR) is 140 cm³/mol. The van der Waals surface area contributed by atoms with Gasteiger partial charge in [-0.05, 0) is 72.5 Å². The molecular weight excluding hydrogens is 495 g/mol. The van der Waals surface area contributed by atoms with Crippen LogP contribution in [0.5, 0.6) is 0 Å². The van der Waals surface area contributed by atoms with Crippen molar-refractivity contribution in [2.45, 2.75) is 19.8 Å². The first-order valence-electron chi connectivity index (χ1n) is 11.6. The molecule has 36 heavy (non-hydrogen) atoms. The van der Waals surface area contributed by atoms with E-state index in [9.17, 15) is 19.2 Å². The molecule has 6 heteroatoms. The number of carbonyl (C=O) groups excluding carboxylic acids is 4. The van der Waals surface area contributed by atoms with Crippen LogP contribution in [-0.2, 0) is 19.2 Å². The van der Waals surface area contributed by atoms with Crippen molar-refractivity contribution in [2.24, 2.45) is 17.3 Å². The van der Waals surface area contributed by atoms with E-state index in [2.05, 4.69) is 0 Å². The molecule has 0 saturated carbocycles. The number of rotatable bonds is 3. The van der Waals surface area contributed by atoms with Gasteiger partial charge in [-0.25, -0.2) is 0 Å². The van der Waals surface area contributed by atoms with Crippen LogP contribution in [0.2, 0.25) is 10.0 Å². The van der Waals surface area contributed by atoms with E-state index in [1.165, 1.54) is 12.2 Å². The molecule has 4 nitrogen and oxygen atoms in total. The summed E-state index contributed by atoms with van der Waals surface area (Å²) in [5, 5.41) is 1.09. The van der Waals surface area contributed by atoms with E-state index in [4.69, 9.17) is 23.2 Å². The Morgan fingerprint density at radius 2 is 1.36 bits per heavy atom. The quantitative estimate of drug-likeness (QED) is 0.490. The van der Waals surface area contributed by atoms with E-state index in [0.717, 1.165) is 11.1 Å². The summed E-state index contributed by atoms with van der Waals surface area (Å²) < 4.78 is 0. The fourth-order valence-electron chi connectivity index (χ4n) is 5.65. The Bertz CT molecular complexity index is 1440. The third-order valence-electron chi connectivity index (χ3n) is 7.44. The zero-order chi connectivity index (χ0) is 25.8. The first kappa shape index (κ1) is 24.4. The number of hydrogen-bond donors (Lipinski definition) is 0. The third kappa shape index (κ3) is 3.76. The number of halogens is 2. The highest BCUT2D eigenvalue weighted by atomic mass is 35.5. The molecule has 0 N–H and O–H groups in total. The highest BCUT2D eigenvalue weighted by Gasteiger charge is 2.62. The van der Waals surface area contributed by atoms with Gasteiger partial charge in [-0.1, -0.05) is 65.7 Å². The van der Waals surface area contributed by atoms with Crippen LogP contribution in [0.1, 0.15) is 30.9 Å². The number of allylic oxidation sites excluding steroid dienone is 7. The predicted octanol–water partition coefficient (Wildman–Crippen LogP) is 6.15. The summed E-state index contributed by atoms with van der Waals surface area (Å²) in [6.45, 7) is 3.16. The van der Waals surface area contributed by atoms with E-state index >= 15 is 0 Å². The second kappa shape index (κ2) is 8.95. The maximum Gasteiger partial charge on any atom is 0.182 e. The molecular formula is C30H22Cl2O4. The Hall–Kier alpha value is -3.34. The lowest BCUT2D eigenvalue weighted by Gasteiger charge is -2.50. The molecule has 3 aliphatic carbocycles. The summed E-state index contributed by atoms with van der Waals surface area (Å²) in [4.78, 5) is 54.4. The molecule has 2 aromatic rings. The van der Waals surface area contributed by atoms with Gasteiger partial charge < -0.3 is 0 Å². The lowest BCUT2D eigenvalue weighted by atomic mass is 9.48. The Morgan fingerprint density at radius 3 is 2.00 bits per heavy atom. The van der Waals surface area contributed by atoms with Crippen molar-refractivity contribution in [3.63, 3.8) is 0 Å². The largest absolute Gasteiger partial charge is 0.294 e. The van der Waals surface area contributed by atoms with Gasteiger partial charge in [0, 0.05) is 21.5 Å². The second-order valence-electron chi connectivity index (χ2n) is 9.54. The van der Waals surface area contributed by atoms with Gasteiger partial charge in [0.2, 0.25) is 0 Å². The fraction of sp³-hybridized carbons (Fsp3) is 0.200. The fourth-order valence-corrected chi connectivity index (χ4v) is 5.90. The molecule has 5 rings (SSSR count). The molecule has 180 valence electrons. The number of ketones is 4. The van der Waals surface area contributed by atoms with Crippen molar-refractivity contribution in [3.8, 4) is 0 Å². The molecule has 0 amide bonds. The van der Waals surface area contributed by atoms with Crippen molar-refractivity contribution >= 4 is 52.4 Å². The molecule has 0 saturated heterocycles. The number of hydrogen-bond acceptors (Lipinski definition) is 4. The van der Waals surface area contributed by atoms with Crippen LogP contribution < -0.4 is 0 Å². The second-order valence-corrected chi connectivity index (χ2v) is 10.4. The van der Waals surface area contributed by atoms with Crippen molar-refractivity contribution in [1.82, 2.24) is 0 Å². The number of benzene rings is 2. The molecule has 0 bridgehead atoms. The Kier molecular flexibility index (Phi) is 6.06. The zero-order valence-corrected chi connectivity index (χ0v) is 21.1. The average Bonchev–Trinajstić information content (AvgIpc) is 2.85. The normalized spacial score (nSPS) is 27.9. The molecule has 0 spiro atoms. The lowest BCUT2D eigenvalue weighted by Crippen LogP contribution is -2.56. The molecule has 0 fully saturated rings. The van der Waals surface area contributed by atoms with Crippen LogP contribution in [-0.4, -0.2) is 23.1 Å². The minimum Gasteiger partial charge on any atom is -0.294 e. The number of fused-ring (bicyclic) bond motifs is 3. The van der Waals surface area contributed by atoms with Crippen LogP contribution >= 0.6 is 23.2 Å². The van der Waals surface area contributed by atoms with Gasteiger partial charge in [-0.15, -0.1) is 0 Å². The van der Waals surface area contributed by atoms with Crippen LogP contribution in [0.25, 0.3) is 6.08 Å². The van der Waals surface area contributed by atoms with Gasteiger partial charge >= 0.3 is 0 Å². The molecule has 0 aliphatic heterocycles. The number of carbonyl (C=O) groups is 4. The maximum atomic E-state index is 14.0. The summed E-state index contributed by atoms with van der Waals surface area (Å²) in [5.74, 6) is -3.95.